The van der Waals surface area contributed by atoms with Gasteiger partial charge in [-0.05, 0) is 64.1 Å². The Morgan fingerprint density at radius 2 is 1.87 bits per heavy atom. The molecule has 0 amide bonds. The van der Waals surface area contributed by atoms with Crippen LogP contribution >= 0.6 is 0 Å². The SMILES string of the molecule is C[C@@H]1CC(NC[C@H]2CCCN(Cc3ccccc3)C2)C[C@@H](C)O1. The van der Waals surface area contributed by atoms with Crippen molar-refractivity contribution >= 4 is 0 Å². The molecule has 1 aromatic carbocycles. The summed E-state index contributed by atoms with van der Waals surface area (Å²) in [5.74, 6) is 0.793. The highest BCUT2D eigenvalue weighted by Crippen LogP contribution is 2.21. The lowest BCUT2D eigenvalue weighted by atomic mass is 9.95. The molecule has 2 fully saturated rings. The molecule has 3 nitrogen and oxygen atoms in total. The molecule has 1 N–H and O–H groups in total. The Morgan fingerprint density at radius 1 is 1.13 bits per heavy atom. The summed E-state index contributed by atoms with van der Waals surface area (Å²) in [5.41, 5.74) is 1.44. The topological polar surface area (TPSA) is 24.5 Å². The first-order chi connectivity index (χ1) is 11.2. The van der Waals surface area contributed by atoms with Crippen molar-refractivity contribution in [2.75, 3.05) is 19.6 Å². The van der Waals surface area contributed by atoms with Crippen molar-refractivity contribution in [2.45, 2.75) is 64.3 Å². The Balaban J connectivity index is 1.43. The Morgan fingerprint density at radius 3 is 2.61 bits per heavy atom. The van der Waals surface area contributed by atoms with E-state index in [0.29, 0.717) is 18.2 Å². The van der Waals surface area contributed by atoms with Gasteiger partial charge < -0.3 is 10.1 Å². The highest BCUT2D eigenvalue weighted by atomic mass is 16.5. The Hall–Kier alpha value is -0.900. The van der Waals surface area contributed by atoms with E-state index in [9.17, 15) is 0 Å². The normalized spacial score (nSPS) is 32.8. The summed E-state index contributed by atoms with van der Waals surface area (Å²) in [4.78, 5) is 2.63. The van der Waals surface area contributed by atoms with Crippen LogP contribution in [0.15, 0.2) is 30.3 Å². The van der Waals surface area contributed by atoms with Crippen molar-refractivity contribution in [2.24, 2.45) is 5.92 Å². The summed E-state index contributed by atoms with van der Waals surface area (Å²) >= 11 is 0. The zero-order valence-corrected chi connectivity index (χ0v) is 14.7. The molecular formula is C20H32N2O. The summed E-state index contributed by atoms with van der Waals surface area (Å²) in [5, 5.41) is 3.83. The molecule has 2 saturated heterocycles. The Labute approximate surface area is 141 Å². The van der Waals surface area contributed by atoms with Gasteiger partial charge in [-0.1, -0.05) is 30.3 Å². The summed E-state index contributed by atoms with van der Waals surface area (Å²) in [6.45, 7) is 9.14. The largest absolute Gasteiger partial charge is 0.375 e. The number of hydrogen-bond acceptors (Lipinski definition) is 3. The molecule has 0 aliphatic carbocycles. The molecule has 0 bridgehead atoms. The van der Waals surface area contributed by atoms with Gasteiger partial charge in [-0.3, -0.25) is 4.90 Å². The molecule has 3 heteroatoms. The van der Waals surface area contributed by atoms with Crippen molar-refractivity contribution < 1.29 is 4.74 Å². The molecule has 3 rings (SSSR count). The van der Waals surface area contributed by atoms with Crippen LogP contribution in [-0.2, 0) is 11.3 Å². The number of nitrogens with one attached hydrogen (secondary N) is 1. The van der Waals surface area contributed by atoms with Gasteiger partial charge in [-0.15, -0.1) is 0 Å². The average Bonchev–Trinajstić information content (AvgIpc) is 2.53. The molecule has 0 saturated carbocycles. The Kier molecular flexibility index (Phi) is 6.09. The highest BCUT2D eigenvalue weighted by molar-refractivity contribution is 5.14. The second kappa shape index (κ2) is 8.27. The standard InChI is InChI=1S/C20H32N2O/c1-16-11-20(12-17(2)23-16)21-13-19-9-6-10-22(15-19)14-18-7-4-3-5-8-18/h3-5,7-8,16-17,19-21H,6,9-15H2,1-2H3/t16-,17-,19-/m1/s1. The van der Waals surface area contributed by atoms with Crippen molar-refractivity contribution in [1.29, 1.82) is 0 Å². The second-order valence-corrected chi connectivity index (χ2v) is 7.56. The third-order valence-corrected chi connectivity index (χ3v) is 5.24. The molecule has 2 heterocycles. The number of piperidine rings is 1. The van der Waals surface area contributed by atoms with Gasteiger partial charge >= 0.3 is 0 Å². The van der Waals surface area contributed by atoms with Gasteiger partial charge in [0.25, 0.3) is 0 Å². The van der Waals surface area contributed by atoms with Crippen LogP contribution in [-0.4, -0.2) is 42.8 Å². The fraction of sp³-hybridized carbons (Fsp3) is 0.700. The van der Waals surface area contributed by atoms with Gasteiger partial charge in [0.2, 0.25) is 0 Å². The number of nitrogens with zero attached hydrogens (tertiary/aromatic N) is 1. The van der Waals surface area contributed by atoms with Crippen LogP contribution in [0.4, 0.5) is 0 Å². The van der Waals surface area contributed by atoms with Crippen molar-refractivity contribution in [3.63, 3.8) is 0 Å². The van der Waals surface area contributed by atoms with Crippen molar-refractivity contribution in [1.82, 2.24) is 10.2 Å². The second-order valence-electron chi connectivity index (χ2n) is 7.56. The van der Waals surface area contributed by atoms with Gasteiger partial charge in [0.15, 0.2) is 0 Å². The first kappa shape index (κ1) is 16.9. The number of rotatable bonds is 5. The van der Waals surface area contributed by atoms with Gasteiger partial charge in [-0.25, -0.2) is 0 Å². The van der Waals surface area contributed by atoms with E-state index >= 15 is 0 Å². The fourth-order valence-corrected chi connectivity index (χ4v) is 4.21. The maximum atomic E-state index is 5.84. The van der Waals surface area contributed by atoms with E-state index in [0.717, 1.165) is 31.8 Å². The maximum Gasteiger partial charge on any atom is 0.0565 e. The van der Waals surface area contributed by atoms with E-state index in [4.69, 9.17) is 4.74 Å². The minimum atomic E-state index is 0.400. The van der Waals surface area contributed by atoms with Crippen molar-refractivity contribution in [3.05, 3.63) is 35.9 Å². The molecule has 1 aromatic rings. The first-order valence-electron chi connectivity index (χ1n) is 9.34. The quantitative estimate of drug-likeness (QED) is 0.900. The summed E-state index contributed by atoms with van der Waals surface area (Å²) < 4.78 is 5.84. The summed E-state index contributed by atoms with van der Waals surface area (Å²) in [6.07, 6.45) is 5.82. The van der Waals surface area contributed by atoms with Crippen LogP contribution in [0.25, 0.3) is 0 Å². The van der Waals surface area contributed by atoms with Gasteiger partial charge in [0, 0.05) is 19.1 Å². The molecular weight excluding hydrogens is 284 g/mol. The van der Waals surface area contributed by atoms with Gasteiger partial charge in [0.1, 0.15) is 0 Å². The number of ether oxygens (including phenoxy) is 1. The van der Waals surface area contributed by atoms with Crippen LogP contribution in [0.1, 0.15) is 45.1 Å². The maximum absolute atomic E-state index is 5.84. The van der Waals surface area contributed by atoms with E-state index < -0.39 is 0 Å². The van der Waals surface area contributed by atoms with E-state index in [-0.39, 0.29) is 0 Å². The van der Waals surface area contributed by atoms with Crippen LogP contribution < -0.4 is 5.32 Å². The lowest BCUT2D eigenvalue weighted by Gasteiger charge is -2.36. The Bertz CT molecular complexity index is 454. The fourth-order valence-electron chi connectivity index (χ4n) is 4.21. The van der Waals surface area contributed by atoms with Crippen LogP contribution in [0.3, 0.4) is 0 Å². The molecule has 0 spiro atoms. The van der Waals surface area contributed by atoms with Crippen LogP contribution in [0.5, 0.6) is 0 Å². The monoisotopic (exact) mass is 316 g/mol. The molecule has 0 aromatic heterocycles. The third kappa shape index (κ3) is 5.30. The molecule has 23 heavy (non-hydrogen) atoms. The minimum absolute atomic E-state index is 0.400. The molecule has 0 unspecified atom stereocenters. The third-order valence-electron chi connectivity index (χ3n) is 5.24. The number of benzene rings is 1. The summed E-state index contributed by atoms with van der Waals surface area (Å²) in [6, 6.07) is 11.5. The predicted molar refractivity (Wildman–Crippen MR) is 95.5 cm³/mol. The summed E-state index contributed by atoms with van der Waals surface area (Å²) in [7, 11) is 0. The molecule has 128 valence electrons. The number of hydrogen-bond donors (Lipinski definition) is 1. The molecule has 3 atom stereocenters. The zero-order chi connectivity index (χ0) is 16.1. The predicted octanol–water partition coefficient (Wildman–Crippen LogP) is 3.44. The minimum Gasteiger partial charge on any atom is -0.375 e. The van der Waals surface area contributed by atoms with Gasteiger partial charge in [0.05, 0.1) is 12.2 Å². The molecule has 2 aliphatic heterocycles. The number of likely N-dealkylation sites (tertiary alicyclic amines) is 1. The van der Waals surface area contributed by atoms with E-state index in [2.05, 4.69) is 54.4 Å². The first-order valence-corrected chi connectivity index (χ1v) is 9.34. The van der Waals surface area contributed by atoms with Crippen LogP contribution in [0, 0.1) is 5.92 Å². The highest BCUT2D eigenvalue weighted by Gasteiger charge is 2.26. The lowest BCUT2D eigenvalue weighted by molar-refractivity contribution is -0.0428. The van der Waals surface area contributed by atoms with E-state index in [1.165, 1.54) is 31.5 Å². The smallest absolute Gasteiger partial charge is 0.0565 e. The lowest BCUT2D eigenvalue weighted by Crippen LogP contribution is -2.45. The molecule has 0 radical (unpaired) electrons. The van der Waals surface area contributed by atoms with Gasteiger partial charge in [-0.2, -0.15) is 0 Å². The average molecular weight is 316 g/mol. The molecule has 2 aliphatic rings. The van der Waals surface area contributed by atoms with Crippen molar-refractivity contribution in [3.8, 4) is 0 Å². The van der Waals surface area contributed by atoms with Crippen LogP contribution in [0.2, 0.25) is 0 Å². The zero-order valence-electron chi connectivity index (χ0n) is 14.7. The van der Waals surface area contributed by atoms with E-state index in [1.807, 2.05) is 0 Å². The van der Waals surface area contributed by atoms with E-state index in [1.54, 1.807) is 0 Å².